The summed E-state index contributed by atoms with van der Waals surface area (Å²) in [6.07, 6.45) is 8.56. The molecule has 0 amide bonds. The first kappa shape index (κ1) is 63.2. The molecule has 3 aromatic rings. The van der Waals surface area contributed by atoms with Crippen molar-refractivity contribution < 1.29 is 55.1 Å². The number of hydrogen-bond donors (Lipinski definition) is 2. The number of ether oxygens (including phenoxy) is 2. The normalized spacial score (nSPS) is 13.1. The quantitative estimate of drug-likeness (QED) is 0.115. The van der Waals surface area contributed by atoms with Gasteiger partial charge in [-0.15, -0.1) is 0 Å². The predicted octanol–water partition coefficient (Wildman–Crippen LogP) is 10.8. The first-order chi connectivity index (χ1) is 27.2. The van der Waals surface area contributed by atoms with E-state index in [1.807, 2.05) is 36.4 Å². The fourth-order valence-corrected chi connectivity index (χ4v) is 5.50. The molecule has 5 rings (SSSR count). The van der Waals surface area contributed by atoms with Gasteiger partial charge >= 0.3 is 79.4 Å². The minimum absolute atomic E-state index is 0. The van der Waals surface area contributed by atoms with Crippen LogP contribution in [-0.4, -0.2) is 66.4 Å². The van der Waals surface area contributed by atoms with Gasteiger partial charge in [-0.2, -0.15) is 0 Å². The van der Waals surface area contributed by atoms with Crippen molar-refractivity contribution in [3.63, 3.8) is 0 Å². The Kier molecular flexibility index (Phi) is 33.0. The van der Waals surface area contributed by atoms with E-state index in [9.17, 15) is 10.2 Å². The molecule has 2 fully saturated rings. The molecule has 0 radical (unpaired) electrons. The SMILES string of the molecule is C1CCOC1.C1CCOC1.CC(C)(C)c1cc(C=Nc2ccccc2N=Cc2cc(C(C)(C)C)cc(C(C)(C)C)c2O)c(O)c(C(C)(C)C)c1.[Al+3].[C-]#[O+].[C-]#[O+].[C-]#[O+].[C-]#[O+].[Co+3]. The Morgan fingerprint density at radius 1 is 0.500 bits per heavy atom. The Labute approximate surface area is 381 Å². The van der Waals surface area contributed by atoms with Crippen LogP contribution >= 0.6 is 0 Å². The number of nitrogens with zero attached hydrogens (tertiary/aromatic N) is 2. The first-order valence-electron chi connectivity index (χ1n) is 19.1. The van der Waals surface area contributed by atoms with E-state index in [1.54, 1.807) is 12.4 Å². The molecule has 0 saturated carbocycles. The van der Waals surface area contributed by atoms with E-state index < -0.39 is 0 Å². The molecule has 2 aliphatic heterocycles. The Morgan fingerprint density at radius 3 is 0.967 bits per heavy atom. The molecule has 60 heavy (non-hydrogen) atoms. The summed E-state index contributed by atoms with van der Waals surface area (Å²) in [6.45, 7) is 47.7. The van der Waals surface area contributed by atoms with E-state index in [-0.39, 0.29) is 67.3 Å². The molecule has 2 saturated heterocycles. The van der Waals surface area contributed by atoms with Gasteiger partial charge in [0.1, 0.15) is 11.5 Å². The Hall–Kier alpha value is -3.48. The molecular formula is C48H64AlCoN2O8+6. The van der Waals surface area contributed by atoms with Crippen molar-refractivity contribution >= 4 is 41.2 Å². The molecule has 0 aliphatic carbocycles. The average Bonchev–Trinajstić information content (AvgIpc) is 3.97. The summed E-state index contributed by atoms with van der Waals surface area (Å²) >= 11 is 0. The molecule has 3 aromatic carbocycles. The molecule has 0 bridgehead atoms. The van der Waals surface area contributed by atoms with Crippen molar-refractivity contribution in [1.82, 2.24) is 0 Å². The standard InChI is InChI=1S/C36H48N2O2.2C4H8O.4CO.Al.Co/c1-33(2,3)25-17-23(31(39)27(19-25)35(7,8)9)21-37-29-15-13-14-16-30(29)38-22-24-18-26(34(4,5)6)20-28(32(24)40)36(10,11)12;2*1-2-4-5-3-1;4*1-2;;/h13-22,39-40H,1-12H3;2*1-4H2;;;;;;/q;;;;;;;2*+3. The largest absolute Gasteiger partial charge is 3.00 e. The molecule has 2 N–H and O–H groups in total. The fraction of sp³-hybridized carbons (Fsp3) is 0.500. The van der Waals surface area contributed by atoms with E-state index in [1.165, 1.54) is 25.7 Å². The van der Waals surface area contributed by atoms with Gasteiger partial charge in [-0.1, -0.05) is 107 Å². The van der Waals surface area contributed by atoms with E-state index in [0.29, 0.717) is 22.5 Å². The second-order valence-electron chi connectivity index (χ2n) is 17.6. The number of hydrogen-bond acceptors (Lipinski definition) is 6. The maximum Gasteiger partial charge on any atom is 3.00 e. The van der Waals surface area contributed by atoms with E-state index in [2.05, 4.69) is 122 Å². The fourth-order valence-electron chi connectivity index (χ4n) is 5.50. The first-order valence-corrected chi connectivity index (χ1v) is 19.1. The van der Waals surface area contributed by atoms with Crippen LogP contribution in [-0.2, 0) is 66.5 Å². The van der Waals surface area contributed by atoms with Crippen molar-refractivity contribution in [3.8, 4) is 11.5 Å². The van der Waals surface area contributed by atoms with E-state index >= 15 is 0 Å². The van der Waals surface area contributed by atoms with Gasteiger partial charge in [0.05, 0.1) is 11.4 Å². The number of rotatable bonds is 4. The van der Waals surface area contributed by atoms with Crippen LogP contribution in [0.1, 0.15) is 142 Å². The van der Waals surface area contributed by atoms with E-state index in [4.69, 9.17) is 38.1 Å². The van der Waals surface area contributed by atoms with Crippen LogP contribution < -0.4 is 0 Å². The van der Waals surface area contributed by atoms with Crippen LogP contribution in [0.25, 0.3) is 0 Å². The second kappa shape index (κ2) is 31.4. The van der Waals surface area contributed by atoms with Gasteiger partial charge in [-0.3, -0.25) is 9.98 Å². The molecule has 0 atom stereocenters. The summed E-state index contributed by atoms with van der Waals surface area (Å²) in [4.78, 5) is 9.54. The molecule has 10 nitrogen and oxygen atoms in total. The molecule has 2 aliphatic rings. The van der Waals surface area contributed by atoms with Gasteiger partial charge in [0.25, 0.3) is 0 Å². The van der Waals surface area contributed by atoms with Crippen molar-refractivity contribution in [2.24, 2.45) is 9.98 Å². The molecule has 0 aromatic heterocycles. The zero-order valence-electron chi connectivity index (χ0n) is 37.6. The minimum atomic E-state index is -0.217. The molecule has 2 heterocycles. The third kappa shape index (κ3) is 22.4. The zero-order chi connectivity index (χ0) is 45.3. The second-order valence-corrected chi connectivity index (χ2v) is 17.6. The number of benzene rings is 3. The van der Waals surface area contributed by atoms with Gasteiger partial charge in [0.2, 0.25) is 0 Å². The molecule has 12 heteroatoms. The predicted molar refractivity (Wildman–Crippen MR) is 234 cm³/mol. The van der Waals surface area contributed by atoms with Crippen molar-refractivity contribution in [1.29, 1.82) is 0 Å². The Bertz CT molecular complexity index is 1650. The Balaban J connectivity index is -0.000000658. The number of para-hydroxylation sites is 2. The zero-order valence-corrected chi connectivity index (χ0v) is 39.8. The summed E-state index contributed by atoms with van der Waals surface area (Å²) in [6, 6.07) is 15.9. The van der Waals surface area contributed by atoms with Crippen molar-refractivity contribution in [2.75, 3.05) is 26.4 Å². The van der Waals surface area contributed by atoms with Gasteiger partial charge in [-0.25, -0.2) is 0 Å². The molecule has 320 valence electrons. The van der Waals surface area contributed by atoms with E-state index in [0.717, 1.165) is 48.7 Å². The molecular weight excluding hydrogens is 818 g/mol. The van der Waals surface area contributed by atoms with Gasteiger partial charge in [-0.05, 0) is 82.7 Å². The summed E-state index contributed by atoms with van der Waals surface area (Å²) in [7, 11) is 0. The smallest absolute Gasteiger partial charge is 3.00 e. The van der Waals surface area contributed by atoms with Crippen LogP contribution in [0.15, 0.2) is 58.5 Å². The maximum atomic E-state index is 11.2. The van der Waals surface area contributed by atoms with Gasteiger partial charge in [0, 0.05) is 61.1 Å². The number of aromatic hydroxyl groups is 2. The van der Waals surface area contributed by atoms with Gasteiger partial charge < -0.3 is 19.7 Å². The van der Waals surface area contributed by atoms with Crippen LogP contribution in [0.5, 0.6) is 11.5 Å². The maximum absolute atomic E-state index is 11.2. The summed E-state index contributed by atoms with van der Waals surface area (Å²) in [5.74, 6) is 0.507. The number of phenols is 2. The third-order valence-corrected chi connectivity index (χ3v) is 8.85. The van der Waals surface area contributed by atoms with Crippen LogP contribution in [0.4, 0.5) is 11.4 Å². The van der Waals surface area contributed by atoms with Crippen molar-refractivity contribution in [2.45, 2.75) is 130 Å². The topological polar surface area (TPSA) is 163 Å². The molecule has 0 unspecified atom stereocenters. The van der Waals surface area contributed by atoms with Crippen molar-refractivity contribution in [3.05, 3.63) is 109 Å². The minimum Gasteiger partial charge on any atom is 3.00 e. The number of aliphatic imine (C=N–C) groups is 2. The van der Waals surface area contributed by atoms with Crippen LogP contribution in [0, 0.1) is 26.6 Å². The average molecular weight is 883 g/mol. The summed E-state index contributed by atoms with van der Waals surface area (Å²) < 4.78 is 39.9. The summed E-state index contributed by atoms with van der Waals surface area (Å²) in [5, 5.41) is 22.4. The van der Waals surface area contributed by atoms with Crippen LogP contribution in [0.2, 0.25) is 0 Å². The number of phenolic OH excluding ortho intramolecular Hbond substituents is 2. The molecule has 0 spiro atoms. The van der Waals surface area contributed by atoms with Gasteiger partial charge in [0.15, 0.2) is 0 Å². The van der Waals surface area contributed by atoms with Crippen LogP contribution in [0.3, 0.4) is 0 Å². The third-order valence-electron chi connectivity index (χ3n) is 8.85. The summed E-state index contributed by atoms with van der Waals surface area (Å²) in [5.41, 5.74) is 6.23. The Morgan fingerprint density at radius 2 is 0.767 bits per heavy atom. The monoisotopic (exact) mass is 882 g/mol.